The summed E-state index contributed by atoms with van der Waals surface area (Å²) in [6.07, 6.45) is 0.912. The zero-order valence-electron chi connectivity index (χ0n) is 5.49. The van der Waals surface area contributed by atoms with Gasteiger partial charge in [-0.1, -0.05) is 0 Å². The predicted molar refractivity (Wildman–Crippen MR) is 34.5 cm³/mol. The van der Waals surface area contributed by atoms with E-state index in [4.69, 9.17) is 14.8 Å². The molecule has 0 radical (unpaired) electrons. The Bertz CT molecular complexity index is 138. The Morgan fingerprint density at radius 1 is 1.80 bits per heavy atom. The van der Waals surface area contributed by atoms with Crippen LogP contribution in [0, 0.1) is 0 Å². The standard InChI is InChI=1S/C5H9BO4/c7-5(8)3-4-1-2-6(9)10-4/h4,9H,1-3H2,(H,7,8). The number of hydrogen-bond acceptors (Lipinski definition) is 3. The SMILES string of the molecule is O=C(O)CC1CCB(O)O1. The fourth-order valence-corrected chi connectivity index (χ4v) is 1.03. The molecule has 56 valence electrons. The Hall–Kier alpha value is -0.545. The maximum Gasteiger partial charge on any atom is 0.454 e. The molecule has 0 saturated carbocycles. The third kappa shape index (κ3) is 2.00. The highest BCUT2D eigenvalue weighted by atomic mass is 16.5. The predicted octanol–water partition coefficient (Wildman–Crippen LogP) is -0.270. The van der Waals surface area contributed by atoms with Crippen LogP contribution >= 0.6 is 0 Å². The lowest BCUT2D eigenvalue weighted by molar-refractivity contribution is -0.138. The second-order valence-corrected chi connectivity index (χ2v) is 2.39. The topological polar surface area (TPSA) is 66.8 Å². The van der Waals surface area contributed by atoms with Gasteiger partial charge in [-0.05, 0) is 12.7 Å². The molecule has 1 rings (SSSR count). The number of aliphatic carboxylic acids is 1. The zero-order valence-corrected chi connectivity index (χ0v) is 5.49. The molecule has 10 heavy (non-hydrogen) atoms. The van der Waals surface area contributed by atoms with E-state index in [0.717, 1.165) is 0 Å². The number of hydrogen-bond donors (Lipinski definition) is 2. The molecule has 0 amide bonds. The minimum Gasteiger partial charge on any atom is -0.481 e. The Kier molecular flexibility index (Phi) is 2.29. The fraction of sp³-hybridized carbons (Fsp3) is 0.800. The first kappa shape index (κ1) is 7.56. The van der Waals surface area contributed by atoms with Crippen molar-refractivity contribution in [2.24, 2.45) is 0 Å². The third-order valence-electron chi connectivity index (χ3n) is 1.49. The van der Waals surface area contributed by atoms with Crippen LogP contribution in [0.2, 0.25) is 6.32 Å². The van der Waals surface area contributed by atoms with Crippen molar-refractivity contribution in [1.82, 2.24) is 0 Å². The second-order valence-electron chi connectivity index (χ2n) is 2.39. The molecule has 0 aromatic rings. The number of carboxylic acids is 1. The molecule has 0 spiro atoms. The van der Waals surface area contributed by atoms with E-state index in [9.17, 15) is 4.79 Å². The second kappa shape index (κ2) is 3.03. The van der Waals surface area contributed by atoms with Crippen LogP contribution in [0.3, 0.4) is 0 Å². The summed E-state index contributed by atoms with van der Waals surface area (Å²) in [6.45, 7) is 0. The first-order valence-corrected chi connectivity index (χ1v) is 3.24. The highest BCUT2D eigenvalue weighted by Gasteiger charge is 2.29. The van der Waals surface area contributed by atoms with Gasteiger partial charge in [-0.25, -0.2) is 0 Å². The van der Waals surface area contributed by atoms with Gasteiger partial charge in [-0.15, -0.1) is 0 Å². The molecular formula is C5H9BO4. The van der Waals surface area contributed by atoms with Crippen molar-refractivity contribution in [3.63, 3.8) is 0 Å². The van der Waals surface area contributed by atoms with Crippen molar-refractivity contribution in [2.75, 3.05) is 0 Å². The average Bonchev–Trinajstić information content (AvgIpc) is 2.13. The molecule has 1 saturated heterocycles. The molecule has 0 aliphatic carbocycles. The molecule has 1 unspecified atom stereocenters. The minimum absolute atomic E-state index is 0.00292. The van der Waals surface area contributed by atoms with Crippen molar-refractivity contribution in [3.8, 4) is 0 Å². The summed E-state index contributed by atoms with van der Waals surface area (Å²) in [4.78, 5) is 10.1. The molecule has 0 aromatic carbocycles. The van der Waals surface area contributed by atoms with Crippen LogP contribution in [-0.4, -0.2) is 29.3 Å². The van der Waals surface area contributed by atoms with E-state index < -0.39 is 13.1 Å². The molecule has 1 atom stereocenters. The largest absolute Gasteiger partial charge is 0.481 e. The van der Waals surface area contributed by atoms with Crippen molar-refractivity contribution in [1.29, 1.82) is 0 Å². The van der Waals surface area contributed by atoms with E-state index >= 15 is 0 Å². The molecule has 1 heterocycles. The van der Waals surface area contributed by atoms with Gasteiger partial charge in [-0.2, -0.15) is 0 Å². The van der Waals surface area contributed by atoms with Gasteiger partial charge in [0, 0.05) is 0 Å². The quantitative estimate of drug-likeness (QED) is 0.523. The van der Waals surface area contributed by atoms with Gasteiger partial charge in [-0.3, -0.25) is 4.79 Å². The molecule has 1 aliphatic rings. The fourth-order valence-electron chi connectivity index (χ4n) is 1.03. The molecule has 0 aromatic heterocycles. The number of carbonyl (C=O) groups is 1. The third-order valence-corrected chi connectivity index (χ3v) is 1.49. The summed E-state index contributed by atoms with van der Waals surface area (Å²) in [5.74, 6) is -0.876. The van der Waals surface area contributed by atoms with E-state index in [2.05, 4.69) is 0 Å². The molecule has 1 aliphatic heterocycles. The van der Waals surface area contributed by atoms with E-state index in [1.165, 1.54) is 0 Å². The van der Waals surface area contributed by atoms with Gasteiger partial charge < -0.3 is 14.8 Å². The van der Waals surface area contributed by atoms with Gasteiger partial charge in [0.1, 0.15) is 0 Å². The van der Waals surface area contributed by atoms with Gasteiger partial charge in [0.15, 0.2) is 0 Å². The summed E-state index contributed by atoms with van der Waals surface area (Å²) in [6, 6.07) is 0. The smallest absolute Gasteiger partial charge is 0.454 e. The summed E-state index contributed by atoms with van der Waals surface area (Å²) < 4.78 is 4.85. The lowest BCUT2D eigenvalue weighted by Crippen LogP contribution is -2.17. The van der Waals surface area contributed by atoms with Gasteiger partial charge in [0.25, 0.3) is 0 Å². The van der Waals surface area contributed by atoms with Crippen LogP contribution < -0.4 is 0 Å². The summed E-state index contributed by atoms with van der Waals surface area (Å²) in [7, 11) is -0.746. The summed E-state index contributed by atoms with van der Waals surface area (Å²) in [5, 5.41) is 17.1. The highest BCUT2D eigenvalue weighted by Crippen LogP contribution is 2.18. The van der Waals surface area contributed by atoms with Crippen LogP contribution in [0.25, 0.3) is 0 Å². The van der Waals surface area contributed by atoms with Crippen LogP contribution in [-0.2, 0) is 9.45 Å². The van der Waals surface area contributed by atoms with Gasteiger partial charge in [0.05, 0.1) is 12.5 Å². The number of carboxylic acid groups (broad SMARTS) is 1. The van der Waals surface area contributed by atoms with Crippen molar-refractivity contribution in [3.05, 3.63) is 0 Å². The van der Waals surface area contributed by atoms with Crippen molar-refractivity contribution in [2.45, 2.75) is 25.3 Å². The highest BCUT2D eigenvalue weighted by molar-refractivity contribution is 6.43. The first-order chi connectivity index (χ1) is 4.68. The minimum atomic E-state index is -0.876. The van der Waals surface area contributed by atoms with Gasteiger partial charge in [0.2, 0.25) is 0 Å². The zero-order chi connectivity index (χ0) is 7.56. The van der Waals surface area contributed by atoms with E-state index in [1.807, 2.05) is 0 Å². The summed E-state index contributed by atoms with van der Waals surface area (Å²) >= 11 is 0. The van der Waals surface area contributed by atoms with E-state index in [1.54, 1.807) is 0 Å². The van der Waals surface area contributed by atoms with Crippen LogP contribution in [0.5, 0.6) is 0 Å². The van der Waals surface area contributed by atoms with Crippen molar-refractivity contribution < 1.29 is 19.6 Å². The summed E-state index contributed by atoms with van der Waals surface area (Å²) in [5.41, 5.74) is 0. The monoisotopic (exact) mass is 144 g/mol. The molecule has 4 nitrogen and oxygen atoms in total. The van der Waals surface area contributed by atoms with Crippen molar-refractivity contribution >= 4 is 13.1 Å². The Labute approximate surface area is 58.9 Å². The van der Waals surface area contributed by atoms with E-state index in [-0.39, 0.29) is 12.5 Å². The normalized spacial score (nSPS) is 25.3. The Morgan fingerprint density at radius 3 is 2.90 bits per heavy atom. The molecule has 1 fully saturated rings. The van der Waals surface area contributed by atoms with Crippen LogP contribution in [0.1, 0.15) is 12.8 Å². The maximum atomic E-state index is 10.1. The molecule has 0 bridgehead atoms. The van der Waals surface area contributed by atoms with E-state index in [0.29, 0.717) is 12.7 Å². The molecular weight excluding hydrogens is 135 g/mol. The molecule has 5 heteroatoms. The Balaban J connectivity index is 2.24. The lowest BCUT2D eigenvalue weighted by Gasteiger charge is -2.05. The Morgan fingerprint density at radius 2 is 2.50 bits per heavy atom. The van der Waals surface area contributed by atoms with Crippen LogP contribution in [0.4, 0.5) is 0 Å². The maximum absolute atomic E-state index is 10.1. The molecule has 2 N–H and O–H groups in total. The average molecular weight is 144 g/mol. The first-order valence-electron chi connectivity index (χ1n) is 3.24. The lowest BCUT2D eigenvalue weighted by atomic mass is 9.87. The number of rotatable bonds is 2. The van der Waals surface area contributed by atoms with Crippen LogP contribution in [0.15, 0.2) is 0 Å². The van der Waals surface area contributed by atoms with Gasteiger partial charge >= 0.3 is 13.1 Å².